The number of carbonyl (C=O) groups is 1. The summed E-state index contributed by atoms with van der Waals surface area (Å²) in [5.41, 5.74) is 5.38. The Morgan fingerprint density at radius 1 is 1.04 bits per heavy atom. The minimum atomic E-state index is -0.582. The third-order valence-electron chi connectivity index (χ3n) is 7.61. The predicted molar refractivity (Wildman–Crippen MR) is 109 cm³/mol. The summed E-state index contributed by atoms with van der Waals surface area (Å²) < 4.78 is 0. The van der Waals surface area contributed by atoms with Gasteiger partial charge in [0.25, 0.3) is 0 Å². The molecule has 2 aromatic carbocycles. The van der Waals surface area contributed by atoms with Crippen molar-refractivity contribution in [1.29, 1.82) is 0 Å². The van der Waals surface area contributed by atoms with E-state index in [9.17, 15) is 4.79 Å². The van der Waals surface area contributed by atoms with E-state index in [2.05, 4.69) is 32.0 Å². The van der Waals surface area contributed by atoms with E-state index >= 15 is 0 Å². The van der Waals surface area contributed by atoms with Crippen molar-refractivity contribution < 1.29 is 4.79 Å². The van der Waals surface area contributed by atoms with Crippen molar-refractivity contribution in [2.75, 3.05) is 11.4 Å². The molecule has 0 radical (unpaired) electrons. The molecule has 2 bridgehead atoms. The van der Waals surface area contributed by atoms with Crippen molar-refractivity contribution in [2.24, 2.45) is 5.41 Å². The van der Waals surface area contributed by atoms with E-state index in [-0.39, 0.29) is 11.3 Å². The van der Waals surface area contributed by atoms with Crippen molar-refractivity contribution >= 4 is 22.6 Å². The summed E-state index contributed by atoms with van der Waals surface area (Å²) in [4.78, 5) is 26.2. The topological polar surface area (TPSA) is 46.1 Å². The molecule has 2 unspecified atom stereocenters. The molecule has 140 valence electrons. The van der Waals surface area contributed by atoms with Crippen LogP contribution >= 0.6 is 0 Å². The molecule has 0 spiro atoms. The summed E-state index contributed by atoms with van der Waals surface area (Å²) >= 11 is 0. The quantitative estimate of drug-likeness (QED) is 0.640. The zero-order valence-electron chi connectivity index (χ0n) is 16.3. The Bertz CT molecular complexity index is 1150. The predicted octanol–water partition coefficient (Wildman–Crippen LogP) is 4.37. The lowest BCUT2D eigenvalue weighted by Gasteiger charge is -2.39. The third kappa shape index (κ3) is 1.74. The molecule has 4 nitrogen and oxygen atoms in total. The highest BCUT2D eigenvalue weighted by atomic mass is 16.2. The number of fused-ring (bicyclic) bond motifs is 7. The molecular formula is C24H23N3O. The van der Waals surface area contributed by atoms with Gasteiger partial charge in [-0.05, 0) is 48.4 Å². The van der Waals surface area contributed by atoms with E-state index in [1.165, 1.54) is 5.56 Å². The Balaban J connectivity index is 1.57. The van der Waals surface area contributed by atoms with Gasteiger partial charge in [0, 0.05) is 18.2 Å². The second kappa shape index (κ2) is 5.19. The van der Waals surface area contributed by atoms with E-state index in [4.69, 9.17) is 9.97 Å². The fourth-order valence-corrected chi connectivity index (χ4v) is 6.08. The van der Waals surface area contributed by atoms with Crippen LogP contribution in [0.25, 0.3) is 11.0 Å². The Kier molecular flexibility index (Phi) is 3.01. The zero-order valence-corrected chi connectivity index (χ0v) is 16.3. The summed E-state index contributed by atoms with van der Waals surface area (Å²) in [5.74, 6) is 0.509. The first-order valence-electron chi connectivity index (χ1n) is 10.2. The molecule has 2 aliphatic carbocycles. The molecule has 1 saturated carbocycles. The van der Waals surface area contributed by atoms with Gasteiger partial charge in [-0.2, -0.15) is 0 Å². The summed E-state index contributed by atoms with van der Waals surface area (Å²) in [6.07, 6.45) is 2.80. The number of para-hydroxylation sites is 3. The lowest BCUT2D eigenvalue weighted by molar-refractivity contribution is -0.127. The van der Waals surface area contributed by atoms with Gasteiger partial charge in [0.1, 0.15) is 0 Å². The lowest BCUT2D eigenvalue weighted by Crippen LogP contribution is -2.51. The molecule has 3 aromatic rings. The smallest absolute Gasteiger partial charge is 0.239 e. The van der Waals surface area contributed by atoms with Crippen LogP contribution < -0.4 is 4.90 Å². The first-order valence-corrected chi connectivity index (χ1v) is 10.2. The van der Waals surface area contributed by atoms with Crippen LogP contribution in [0.3, 0.4) is 0 Å². The number of hydrogen-bond acceptors (Lipinski definition) is 3. The van der Waals surface area contributed by atoms with Crippen LogP contribution in [0.1, 0.15) is 49.6 Å². The van der Waals surface area contributed by atoms with Gasteiger partial charge in [0.15, 0.2) is 0 Å². The highest BCUT2D eigenvalue weighted by Gasteiger charge is 2.68. The average molecular weight is 369 g/mol. The number of amides is 1. The molecule has 6 rings (SSSR count). The lowest BCUT2D eigenvalue weighted by atomic mass is 9.67. The van der Waals surface area contributed by atoms with Gasteiger partial charge in [-0.15, -0.1) is 0 Å². The third-order valence-corrected chi connectivity index (χ3v) is 7.61. The number of anilines is 1. The molecule has 28 heavy (non-hydrogen) atoms. The molecule has 1 aliphatic heterocycles. The molecule has 2 heterocycles. The maximum Gasteiger partial charge on any atom is 0.239 e. The first kappa shape index (κ1) is 16.2. The standard InChI is InChI=1S/C24H23N3O/c1-23(2)16-11-13-24(23,21-20(16)25-17-8-4-5-9-18(17)26-21)22(28)27-14-12-15-7-3-6-10-19(15)27/h3-10,16H,11-14H2,1-2H3. The molecule has 0 N–H and O–H groups in total. The largest absolute Gasteiger partial charge is 0.311 e. The molecule has 1 fully saturated rings. The van der Waals surface area contributed by atoms with E-state index in [0.29, 0.717) is 5.92 Å². The maximum absolute atomic E-state index is 14.2. The average Bonchev–Trinajstić information content (AvgIpc) is 3.31. The van der Waals surface area contributed by atoms with Gasteiger partial charge >= 0.3 is 0 Å². The molecule has 3 aliphatic rings. The van der Waals surface area contributed by atoms with Crippen LogP contribution in [0, 0.1) is 5.41 Å². The van der Waals surface area contributed by atoms with E-state index in [1.807, 2.05) is 35.2 Å². The van der Waals surface area contributed by atoms with E-state index < -0.39 is 5.41 Å². The SMILES string of the molecule is CC1(C)C2CCC1(C(=O)N1CCc3ccccc31)c1nc3ccccc3nc12. The zero-order chi connectivity index (χ0) is 19.1. The fourth-order valence-electron chi connectivity index (χ4n) is 6.08. The number of rotatable bonds is 1. The van der Waals surface area contributed by atoms with Crippen LogP contribution in [-0.2, 0) is 16.6 Å². The monoisotopic (exact) mass is 369 g/mol. The van der Waals surface area contributed by atoms with Gasteiger partial charge in [0.05, 0.1) is 27.8 Å². The minimum Gasteiger partial charge on any atom is -0.311 e. The second-order valence-corrected chi connectivity index (χ2v) is 9.00. The Hall–Kier alpha value is -2.75. The fraction of sp³-hybridized carbons (Fsp3) is 0.375. The van der Waals surface area contributed by atoms with Crippen LogP contribution in [0.15, 0.2) is 48.5 Å². The highest BCUT2D eigenvalue weighted by Crippen LogP contribution is 2.67. The molecule has 1 aromatic heterocycles. The molecule has 2 atom stereocenters. The van der Waals surface area contributed by atoms with E-state index in [0.717, 1.165) is 53.9 Å². The molecule has 0 saturated heterocycles. The van der Waals surface area contributed by atoms with Crippen molar-refractivity contribution in [3.8, 4) is 0 Å². The molecule has 4 heteroatoms. The molecular weight excluding hydrogens is 346 g/mol. The van der Waals surface area contributed by atoms with Crippen LogP contribution in [-0.4, -0.2) is 22.4 Å². The maximum atomic E-state index is 14.2. The van der Waals surface area contributed by atoms with Crippen molar-refractivity contribution in [3.63, 3.8) is 0 Å². The summed E-state index contributed by atoms with van der Waals surface area (Å²) in [6.45, 7) is 5.26. The Morgan fingerprint density at radius 2 is 1.75 bits per heavy atom. The Labute approximate surface area is 164 Å². The normalized spacial score (nSPS) is 26.5. The number of hydrogen-bond donors (Lipinski definition) is 0. The van der Waals surface area contributed by atoms with Crippen molar-refractivity contribution in [3.05, 3.63) is 65.5 Å². The molecule has 1 amide bonds. The van der Waals surface area contributed by atoms with Gasteiger partial charge < -0.3 is 4.90 Å². The van der Waals surface area contributed by atoms with E-state index in [1.54, 1.807) is 0 Å². The van der Waals surface area contributed by atoms with Crippen molar-refractivity contribution in [1.82, 2.24) is 9.97 Å². The minimum absolute atomic E-state index is 0.179. The van der Waals surface area contributed by atoms with Crippen LogP contribution in [0.2, 0.25) is 0 Å². The number of carbonyl (C=O) groups excluding carboxylic acids is 1. The second-order valence-electron chi connectivity index (χ2n) is 9.00. The first-order chi connectivity index (χ1) is 13.5. The van der Waals surface area contributed by atoms with Crippen molar-refractivity contribution in [2.45, 2.75) is 44.4 Å². The van der Waals surface area contributed by atoms with Gasteiger partial charge in [-0.25, -0.2) is 9.97 Å². The summed E-state index contributed by atoms with van der Waals surface area (Å²) in [5, 5.41) is 0. The van der Waals surface area contributed by atoms with Crippen LogP contribution in [0.5, 0.6) is 0 Å². The number of aromatic nitrogens is 2. The van der Waals surface area contributed by atoms with Gasteiger partial charge in [-0.3, -0.25) is 4.79 Å². The van der Waals surface area contributed by atoms with Gasteiger partial charge in [-0.1, -0.05) is 44.2 Å². The highest BCUT2D eigenvalue weighted by molar-refractivity contribution is 6.04. The van der Waals surface area contributed by atoms with Crippen LogP contribution in [0.4, 0.5) is 5.69 Å². The Morgan fingerprint density at radius 3 is 2.57 bits per heavy atom. The summed E-state index contributed by atoms with van der Waals surface area (Å²) in [6, 6.07) is 16.3. The number of nitrogens with zero attached hydrogens (tertiary/aromatic N) is 3. The number of benzene rings is 2. The van der Waals surface area contributed by atoms with Gasteiger partial charge in [0.2, 0.25) is 5.91 Å². The summed E-state index contributed by atoms with van der Waals surface area (Å²) in [7, 11) is 0.